The van der Waals surface area contributed by atoms with Crippen LogP contribution in [0.15, 0.2) is 41.8 Å². The van der Waals surface area contributed by atoms with Gasteiger partial charge >= 0.3 is 6.09 Å². The lowest BCUT2D eigenvalue weighted by atomic mass is 10.2. The molecule has 3 rings (SSSR count). The van der Waals surface area contributed by atoms with Crippen LogP contribution in [0.4, 0.5) is 4.79 Å². The average Bonchev–Trinajstić information content (AvgIpc) is 3.20. The van der Waals surface area contributed by atoms with E-state index in [0.717, 1.165) is 36.0 Å². The highest BCUT2D eigenvalue weighted by Gasteiger charge is 2.25. The van der Waals surface area contributed by atoms with Gasteiger partial charge in [0.15, 0.2) is 5.16 Å². The van der Waals surface area contributed by atoms with E-state index in [4.69, 9.17) is 4.74 Å². The molecule has 1 aromatic heterocycles. The van der Waals surface area contributed by atoms with Gasteiger partial charge in [-0.15, -0.1) is 0 Å². The first-order valence-electron chi connectivity index (χ1n) is 10.9. The van der Waals surface area contributed by atoms with E-state index < -0.39 is 5.60 Å². The number of hydrogen-bond acceptors (Lipinski definition) is 6. The van der Waals surface area contributed by atoms with E-state index in [-0.39, 0.29) is 12.0 Å². The standard InChI is InChI=1S/C23H33N5O3S/c1-18-7-5-6-8-19(18)28-12-10-25-21(28)32-17-20(29)24-9-11-26-13-15-27(16-14-26)22(30)31-23(2,3)4/h5-8,10,12H,9,11,13-17H2,1-4H3,(H,24,29). The number of carbonyl (C=O) groups is 2. The summed E-state index contributed by atoms with van der Waals surface area (Å²) in [6.07, 6.45) is 3.41. The number of thioether (sulfide) groups is 1. The Kier molecular flexibility index (Phi) is 8.20. The van der Waals surface area contributed by atoms with Crippen molar-refractivity contribution >= 4 is 23.8 Å². The first-order chi connectivity index (χ1) is 15.2. The number of nitrogens with zero attached hydrogens (tertiary/aromatic N) is 4. The molecule has 1 aromatic carbocycles. The fraction of sp³-hybridized carbons (Fsp3) is 0.522. The second kappa shape index (κ2) is 10.9. The second-order valence-corrected chi connectivity index (χ2v) is 9.76. The zero-order chi connectivity index (χ0) is 23.1. The first kappa shape index (κ1) is 24.1. The number of benzene rings is 1. The summed E-state index contributed by atoms with van der Waals surface area (Å²) in [5.41, 5.74) is 1.75. The number of aromatic nitrogens is 2. The van der Waals surface area contributed by atoms with Crippen LogP contribution in [-0.4, -0.2) is 82.0 Å². The van der Waals surface area contributed by atoms with Crippen molar-refractivity contribution in [2.75, 3.05) is 45.0 Å². The Labute approximate surface area is 194 Å². The topological polar surface area (TPSA) is 79.7 Å². The zero-order valence-corrected chi connectivity index (χ0v) is 20.2. The van der Waals surface area contributed by atoms with E-state index >= 15 is 0 Å². The minimum Gasteiger partial charge on any atom is -0.444 e. The minimum absolute atomic E-state index is 0.0123. The number of amides is 2. The third-order valence-corrected chi connectivity index (χ3v) is 6.06. The Bertz CT molecular complexity index is 916. The number of para-hydroxylation sites is 1. The molecule has 1 N–H and O–H groups in total. The molecule has 0 radical (unpaired) electrons. The predicted octanol–water partition coefficient (Wildman–Crippen LogP) is 2.94. The summed E-state index contributed by atoms with van der Waals surface area (Å²) in [6.45, 7) is 11.9. The Balaban J connectivity index is 1.36. The maximum absolute atomic E-state index is 12.3. The van der Waals surface area contributed by atoms with Crippen LogP contribution < -0.4 is 5.32 Å². The highest BCUT2D eigenvalue weighted by atomic mass is 32.2. The summed E-state index contributed by atoms with van der Waals surface area (Å²) < 4.78 is 7.44. The van der Waals surface area contributed by atoms with Crippen LogP contribution in [0.2, 0.25) is 0 Å². The SMILES string of the molecule is Cc1ccccc1-n1ccnc1SCC(=O)NCCN1CCN(C(=O)OC(C)(C)C)CC1. The molecule has 9 heteroatoms. The molecule has 8 nitrogen and oxygen atoms in total. The number of aryl methyl sites for hydroxylation is 1. The van der Waals surface area contributed by atoms with Crippen molar-refractivity contribution in [2.45, 2.75) is 38.5 Å². The normalized spacial score (nSPS) is 14.9. The molecule has 1 saturated heterocycles. The van der Waals surface area contributed by atoms with Gasteiger partial charge in [0.05, 0.1) is 11.4 Å². The van der Waals surface area contributed by atoms with Gasteiger partial charge in [-0.05, 0) is 39.3 Å². The van der Waals surface area contributed by atoms with Crippen molar-refractivity contribution in [3.8, 4) is 5.69 Å². The molecule has 1 aliphatic rings. The lowest BCUT2D eigenvalue weighted by Crippen LogP contribution is -2.51. The fourth-order valence-electron chi connectivity index (χ4n) is 3.43. The smallest absolute Gasteiger partial charge is 0.410 e. The third kappa shape index (κ3) is 7.00. The molecule has 1 aliphatic heterocycles. The molecule has 0 aliphatic carbocycles. The Morgan fingerprint density at radius 1 is 1.16 bits per heavy atom. The van der Waals surface area contributed by atoms with Crippen LogP contribution in [0, 0.1) is 6.92 Å². The number of carbonyl (C=O) groups excluding carboxylic acids is 2. The van der Waals surface area contributed by atoms with Crippen molar-refractivity contribution in [3.05, 3.63) is 42.2 Å². The van der Waals surface area contributed by atoms with E-state index in [9.17, 15) is 9.59 Å². The summed E-state index contributed by atoms with van der Waals surface area (Å²) >= 11 is 1.43. The highest BCUT2D eigenvalue weighted by Crippen LogP contribution is 2.22. The van der Waals surface area contributed by atoms with Crippen LogP contribution in [0.3, 0.4) is 0 Å². The van der Waals surface area contributed by atoms with Gasteiger partial charge in [-0.3, -0.25) is 14.3 Å². The maximum atomic E-state index is 12.3. The van der Waals surface area contributed by atoms with Crippen LogP contribution in [0.1, 0.15) is 26.3 Å². The van der Waals surface area contributed by atoms with Gasteiger partial charge < -0.3 is 15.0 Å². The van der Waals surface area contributed by atoms with Crippen molar-refractivity contribution < 1.29 is 14.3 Å². The molecule has 2 amide bonds. The minimum atomic E-state index is -0.479. The monoisotopic (exact) mass is 459 g/mol. The lowest BCUT2D eigenvalue weighted by molar-refractivity contribution is -0.118. The molecule has 1 fully saturated rings. The van der Waals surface area contributed by atoms with E-state index in [1.54, 1.807) is 11.1 Å². The highest BCUT2D eigenvalue weighted by molar-refractivity contribution is 7.99. The molecule has 174 valence electrons. The van der Waals surface area contributed by atoms with Gasteiger partial charge in [-0.2, -0.15) is 0 Å². The van der Waals surface area contributed by atoms with Gasteiger partial charge in [0.25, 0.3) is 0 Å². The van der Waals surface area contributed by atoms with Gasteiger partial charge in [-0.1, -0.05) is 30.0 Å². The Hall–Kier alpha value is -2.52. The molecular weight excluding hydrogens is 426 g/mol. The number of hydrogen-bond donors (Lipinski definition) is 1. The van der Waals surface area contributed by atoms with Gasteiger partial charge in [0, 0.05) is 51.7 Å². The summed E-state index contributed by atoms with van der Waals surface area (Å²) in [4.78, 5) is 32.8. The van der Waals surface area contributed by atoms with E-state index in [2.05, 4.69) is 28.2 Å². The van der Waals surface area contributed by atoms with Crippen LogP contribution in [0.25, 0.3) is 5.69 Å². The van der Waals surface area contributed by atoms with Gasteiger partial charge in [0.2, 0.25) is 5.91 Å². The molecule has 0 spiro atoms. The Morgan fingerprint density at radius 3 is 2.56 bits per heavy atom. The van der Waals surface area contributed by atoms with E-state index in [1.807, 2.05) is 49.7 Å². The molecule has 0 bridgehead atoms. The largest absolute Gasteiger partial charge is 0.444 e. The zero-order valence-electron chi connectivity index (χ0n) is 19.3. The molecular formula is C23H33N5O3S. The molecule has 0 saturated carbocycles. The van der Waals surface area contributed by atoms with Gasteiger partial charge in [0.1, 0.15) is 5.60 Å². The fourth-order valence-corrected chi connectivity index (χ4v) is 4.22. The summed E-state index contributed by atoms with van der Waals surface area (Å²) in [5, 5.41) is 3.78. The number of imidazole rings is 1. The van der Waals surface area contributed by atoms with Crippen LogP contribution in [-0.2, 0) is 9.53 Å². The number of piperazine rings is 1. The summed E-state index contributed by atoms with van der Waals surface area (Å²) in [5.74, 6) is 0.303. The van der Waals surface area contributed by atoms with Crippen LogP contribution in [0.5, 0.6) is 0 Å². The molecule has 2 heterocycles. The third-order valence-electron chi connectivity index (χ3n) is 5.09. The molecule has 32 heavy (non-hydrogen) atoms. The van der Waals surface area contributed by atoms with E-state index in [0.29, 0.717) is 25.4 Å². The number of rotatable bonds is 7. The maximum Gasteiger partial charge on any atom is 0.410 e. The second-order valence-electron chi connectivity index (χ2n) is 8.81. The van der Waals surface area contributed by atoms with Crippen LogP contribution >= 0.6 is 11.8 Å². The Morgan fingerprint density at radius 2 is 1.88 bits per heavy atom. The van der Waals surface area contributed by atoms with Crippen molar-refractivity contribution in [3.63, 3.8) is 0 Å². The molecule has 0 unspecified atom stereocenters. The van der Waals surface area contributed by atoms with Crippen molar-refractivity contribution in [1.29, 1.82) is 0 Å². The summed E-state index contributed by atoms with van der Waals surface area (Å²) in [6, 6.07) is 8.11. The first-order valence-corrected chi connectivity index (χ1v) is 11.9. The molecule has 2 aromatic rings. The number of nitrogens with one attached hydrogen (secondary N) is 1. The van der Waals surface area contributed by atoms with Crippen molar-refractivity contribution in [1.82, 2.24) is 24.7 Å². The van der Waals surface area contributed by atoms with E-state index in [1.165, 1.54) is 11.8 Å². The average molecular weight is 460 g/mol. The summed E-state index contributed by atoms with van der Waals surface area (Å²) in [7, 11) is 0. The van der Waals surface area contributed by atoms with Gasteiger partial charge in [-0.25, -0.2) is 9.78 Å². The predicted molar refractivity (Wildman–Crippen MR) is 126 cm³/mol. The lowest BCUT2D eigenvalue weighted by Gasteiger charge is -2.35. The van der Waals surface area contributed by atoms with Crippen molar-refractivity contribution in [2.24, 2.45) is 0 Å². The number of ether oxygens (including phenoxy) is 1. The quantitative estimate of drug-likeness (QED) is 0.642. The molecule has 0 atom stereocenters.